The van der Waals surface area contributed by atoms with Crippen molar-refractivity contribution in [3.8, 4) is 0 Å². The Morgan fingerprint density at radius 3 is 2.50 bits per heavy atom. The summed E-state index contributed by atoms with van der Waals surface area (Å²) in [6.45, 7) is 6.75. The molecule has 3 nitrogen and oxygen atoms in total. The van der Waals surface area contributed by atoms with Crippen LogP contribution in [0.4, 0.5) is 10.1 Å². The summed E-state index contributed by atoms with van der Waals surface area (Å²) in [5, 5.41) is 9.38. The highest BCUT2D eigenvalue weighted by molar-refractivity contribution is 5.48. The average molecular weight is 255 g/mol. The van der Waals surface area contributed by atoms with E-state index in [0.29, 0.717) is 24.4 Å². The maximum Gasteiger partial charge on any atom is 0.146 e. The number of benzene rings is 1. The van der Waals surface area contributed by atoms with Crippen molar-refractivity contribution in [1.82, 2.24) is 0 Å². The van der Waals surface area contributed by atoms with Crippen molar-refractivity contribution >= 4 is 5.69 Å². The second-order valence-electron chi connectivity index (χ2n) is 4.73. The molecule has 0 aromatic heterocycles. The predicted molar refractivity (Wildman–Crippen MR) is 71.4 cm³/mol. The minimum atomic E-state index is -0.650. The lowest BCUT2D eigenvalue weighted by molar-refractivity contribution is 0.0845. The van der Waals surface area contributed by atoms with Crippen molar-refractivity contribution in [2.75, 3.05) is 25.1 Å². The third kappa shape index (κ3) is 4.27. The second kappa shape index (κ2) is 6.71. The number of aliphatic hydroxyl groups excluding tert-OH is 1. The number of nitrogens with zero attached hydrogens (tertiary/aromatic N) is 1. The van der Waals surface area contributed by atoms with Gasteiger partial charge >= 0.3 is 0 Å². The molecule has 0 saturated heterocycles. The Bertz CT molecular complexity index is 380. The monoisotopic (exact) mass is 255 g/mol. The van der Waals surface area contributed by atoms with Gasteiger partial charge in [0.15, 0.2) is 0 Å². The zero-order chi connectivity index (χ0) is 13.7. The summed E-state index contributed by atoms with van der Waals surface area (Å²) < 4.78 is 19.3. The van der Waals surface area contributed by atoms with Gasteiger partial charge in [0.05, 0.1) is 24.5 Å². The molecule has 0 aliphatic rings. The molecule has 1 atom stereocenters. The minimum Gasteiger partial charge on any atom is -0.389 e. The fourth-order valence-corrected chi connectivity index (χ4v) is 1.64. The third-order valence-corrected chi connectivity index (χ3v) is 2.74. The van der Waals surface area contributed by atoms with Gasteiger partial charge in [-0.25, -0.2) is 4.39 Å². The highest BCUT2D eigenvalue weighted by Crippen LogP contribution is 2.22. The summed E-state index contributed by atoms with van der Waals surface area (Å²) in [4.78, 5) is 1.81. The van der Waals surface area contributed by atoms with E-state index in [-0.39, 0.29) is 11.9 Å². The number of hydrogen-bond acceptors (Lipinski definition) is 3. The summed E-state index contributed by atoms with van der Waals surface area (Å²) in [7, 11) is 1.82. The molecule has 4 heteroatoms. The highest BCUT2D eigenvalue weighted by Gasteiger charge is 2.10. The molecule has 0 fully saturated rings. The fourth-order valence-electron chi connectivity index (χ4n) is 1.64. The average Bonchev–Trinajstić information content (AvgIpc) is 2.27. The maximum absolute atomic E-state index is 13.9. The largest absolute Gasteiger partial charge is 0.389 e. The molecule has 0 bridgehead atoms. The molecule has 0 aliphatic heterocycles. The molecule has 18 heavy (non-hydrogen) atoms. The molecule has 102 valence electrons. The zero-order valence-electron chi connectivity index (χ0n) is 11.5. The van der Waals surface area contributed by atoms with Crippen molar-refractivity contribution in [2.45, 2.75) is 33.0 Å². The van der Waals surface area contributed by atoms with Crippen LogP contribution in [0.5, 0.6) is 0 Å². The Hall–Kier alpha value is -1.13. The van der Waals surface area contributed by atoms with Crippen LogP contribution in [0, 0.1) is 5.82 Å². The number of aliphatic hydroxyl groups is 1. The summed E-state index contributed by atoms with van der Waals surface area (Å²) in [6, 6.07) is 4.80. The van der Waals surface area contributed by atoms with E-state index in [2.05, 4.69) is 0 Å². The molecule has 0 spiro atoms. The van der Waals surface area contributed by atoms with Gasteiger partial charge in [0.25, 0.3) is 0 Å². The van der Waals surface area contributed by atoms with Crippen LogP contribution in [0.2, 0.25) is 0 Å². The smallest absolute Gasteiger partial charge is 0.146 e. The number of ether oxygens (including phenoxy) is 1. The Labute approximate surface area is 108 Å². The van der Waals surface area contributed by atoms with Gasteiger partial charge in [0.2, 0.25) is 0 Å². The van der Waals surface area contributed by atoms with E-state index >= 15 is 0 Å². The lowest BCUT2D eigenvalue weighted by Crippen LogP contribution is -2.24. The van der Waals surface area contributed by atoms with Gasteiger partial charge in [-0.3, -0.25) is 0 Å². The van der Waals surface area contributed by atoms with Gasteiger partial charge in [-0.15, -0.1) is 0 Å². The lowest BCUT2D eigenvalue weighted by atomic mass is 10.1. The summed E-state index contributed by atoms with van der Waals surface area (Å²) in [5.74, 6) is -0.319. The predicted octanol–water partition coefficient (Wildman–Crippen LogP) is 2.74. The topological polar surface area (TPSA) is 32.7 Å². The normalized spacial score (nSPS) is 12.8. The molecule has 1 aromatic rings. The van der Waals surface area contributed by atoms with Crippen molar-refractivity contribution in [2.24, 2.45) is 0 Å². The van der Waals surface area contributed by atoms with Crippen LogP contribution in [0.3, 0.4) is 0 Å². The zero-order valence-corrected chi connectivity index (χ0v) is 11.5. The molecule has 0 heterocycles. The Morgan fingerprint density at radius 1 is 1.33 bits per heavy atom. The van der Waals surface area contributed by atoms with Crippen LogP contribution >= 0.6 is 0 Å². The molecule has 1 aromatic carbocycles. The second-order valence-corrected chi connectivity index (χ2v) is 4.73. The Kier molecular flexibility index (Phi) is 5.56. The fraction of sp³-hybridized carbons (Fsp3) is 0.571. The van der Waals surface area contributed by atoms with Crippen molar-refractivity contribution in [3.05, 3.63) is 29.6 Å². The van der Waals surface area contributed by atoms with E-state index in [1.165, 1.54) is 6.07 Å². The highest BCUT2D eigenvalue weighted by atomic mass is 19.1. The van der Waals surface area contributed by atoms with Crippen LogP contribution in [0.25, 0.3) is 0 Å². The van der Waals surface area contributed by atoms with Gasteiger partial charge in [-0.05, 0) is 38.5 Å². The van der Waals surface area contributed by atoms with Gasteiger partial charge in [0, 0.05) is 13.6 Å². The first-order valence-electron chi connectivity index (χ1n) is 6.22. The van der Waals surface area contributed by atoms with Crippen molar-refractivity contribution < 1.29 is 14.2 Å². The quantitative estimate of drug-likeness (QED) is 0.848. The molecule has 0 radical (unpaired) electrons. The molecule has 0 amide bonds. The summed E-state index contributed by atoms with van der Waals surface area (Å²) in [5.41, 5.74) is 1.11. The van der Waals surface area contributed by atoms with Crippen LogP contribution in [0.15, 0.2) is 18.2 Å². The number of likely N-dealkylation sites (N-methyl/N-ethyl adjacent to an activating group) is 1. The molecule has 1 N–H and O–H groups in total. The molecule has 0 aliphatic carbocycles. The van der Waals surface area contributed by atoms with Crippen molar-refractivity contribution in [3.63, 3.8) is 0 Å². The van der Waals surface area contributed by atoms with E-state index in [4.69, 9.17) is 4.74 Å². The number of hydrogen-bond donors (Lipinski definition) is 1. The van der Waals surface area contributed by atoms with Crippen LogP contribution in [0.1, 0.15) is 32.4 Å². The van der Waals surface area contributed by atoms with E-state index in [0.717, 1.165) is 0 Å². The van der Waals surface area contributed by atoms with Gasteiger partial charge in [0.1, 0.15) is 5.82 Å². The molecular formula is C14H22FNO2. The van der Waals surface area contributed by atoms with Crippen molar-refractivity contribution in [1.29, 1.82) is 0 Å². The number of anilines is 1. The summed E-state index contributed by atoms with van der Waals surface area (Å²) >= 11 is 0. The molecule has 0 saturated carbocycles. The maximum atomic E-state index is 13.9. The molecule has 1 rings (SSSR count). The first kappa shape index (κ1) is 14.9. The standard InChI is InChI=1S/C14H22FNO2/c1-10(2)18-8-7-16(4)14-6-5-12(11(3)17)9-13(14)15/h5-6,9-11,17H,7-8H2,1-4H3. The van der Waals surface area contributed by atoms with E-state index in [9.17, 15) is 9.50 Å². The van der Waals surface area contributed by atoms with Crippen LogP contribution in [-0.2, 0) is 4.74 Å². The van der Waals surface area contributed by atoms with Gasteiger partial charge in [-0.2, -0.15) is 0 Å². The van der Waals surface area contributed by atoms with Crippen LogP contribution in [-0.4, -0.2) is 31.4 Å². The summed E-state index contributed by atoms with van der Waals surface area (Å²) in [6.07, 6.45) is -0.469. The van der Waals surface area contributed by atoms with E-state index < -0.39 is 6.10 Å². The number of rotatable bonds is 6. The first-order chi connectivity index (χ1) is 8.41. The van der Waals surface area contributed by atoms with E-state index in [1.807, 2.05) is 25.8 Å². The van der Waals surface area contributed by atoms with Gasteiger partial charge < -0.3 is 14.7 Å². The lowest BCUT2D eigenvalue weighted by Gasteiger charge is -2.21. The Morgan fingerprint density at radius 2 is 2.00 bits per heavy atom. The van der Waals surface area contributed by atoms with E-state index in [1.54, 1.807) is 19.1 Å². The van der Waals surface area contributed by atoms with Gasteiger partial charge in [-0.1, -0.05) is 6.07 Å². The minimum absolute atomic E-state index is 0.181. The third-order valence-electron chi connectivity index (χ3n) is 2.74. The molecule has 1 unspecified atom stereocenters. The van der Waals surface area contributed by atoms with Crippen LogP contribution < -0.4 is 4.90 Å². The SMILES string of the molecule is CC(C)OCCN(C)c1ccc(C(C)O)cc1F. The molecular weight excluding hydrogens is 233 g/mol. The number of halogens is 1. The first-order valence-corrected chi connectivity index (χ1v) is 6.22. The Balaban J connectivity index is 2.65.